The van der Waals surface area contributed by atoms with E-state index in [-0.39, 0.29) is 0 Å². The van der Waals surface area contributed by atoms with Crippen LogP contribution in [-0.4, -0.2) is 18.9 Å². The highest BCUT2D eigenvalue weighted by molar-refractivity contribution is 6.44. The molecule has 2 aromatic rings. The minimum absolute atomic E-state index is 0.387. The first-order chi connectivity index (χ1) is 11.3. The van der Waals surface area contributed by atoms with Crippen LogP contribution in [0.1, 0.15) is 16.7 Å². The van der Waals surface area contributed by atoms with Crippen molar-refractivity contribution in [3.63, 3.8) is 0 Å². The number of benzene rings is 2. The highest BCUT2D eigenvalue weighted by Gasteiger charge is 2.17. The molecule has 24 heavy (non-hydrogen) atoms. The molecule has 0 bridgehead atoms. The van der Waals surface area contributed by atoms with E-state index in [1.54, 1.807) is 25.1 Å². The normalized spacial score (nSPS) is 10.2. The minimum atomic E-state index is -0.782. The lowest BCUT2D eigenvalue weighted by atomic mass is 10.1. The van der Waals surface area contributed by atoms with Crippen LogP contribution in [0.4, 0.5) is 11.4 Å². The summed E-state index contributed by atoms with van der Waals surface area (Å²) >= 11 is 6.03. The van der Waals surface area contributed by atoms with E-state index in [0.717, 1.165) is 16.7 Å². The number of aryl methyl sites for hydroxylation is 3. The third-order valence-electron chi connectivity index (χ3n) is 3.57. The number of halogens is 1. The second kappa shape index (κ2) is 7.36. The molecule has 0 fully saturated rings. The smallest absolute Gasteiger partial charge is 0.314 e. The fraction of sp³-hybridized carbons (Fsp3) is 0.222. The Morgan fingerprint density at radius 1 is 0.917 bits per heavy atom. The van der Waals surface area contributed by atoms with Crippen LogP contribution in [0.15, 0.2) is 30.3 Å². The molecule has 0 radical (unpaired) electrons. The molecular weight excluding hydrogens is 328 g/mol. The number of carbonyl (C=O) groups excluding carboxylic acids is 2. The molecule has 126 valence electrons. The summed E-state index contributed by atoms with van der Waals surface area (Å²) < 4.78 is 5.18. The fourth-order valence-electron chi connectivity index (χ4n) is 2.24. The summed E-state index contributed by atoms with van der Waals surface area (Å²) in [6, 6.07) is 8.81. The van der Waals surface area contributed by atoms with Gasteiger partial charge in [0.1, 0.15) is 5.75 Å². The molecule has 2 amide bonds. The lowest BCUT2D eigenvalue weighted by Gasteiger charge is -2.13. The van der Waals surface area contributed by atoms with Crippen molar-refractivity contribution in [2.45, 2.75) is 20.8 Å². The van der Waals surface area contributed by atoms with E-state index in [9.17, 15) is 9.59 Å². The number of rotatable bonds is 3. The maximum Gasteiger partial charge on any atom is 0.314 e. The lowest BCUT2D eigenvalue weighted by Crippen LogP contribution is -2.29. The molecule has 6 heteroatoms. The number of nitrogens with one attached hydrogen (secondary N) is 2. The third-order valence-corrected chi connectivity index (χ3v) is 3.97. The number of hydrogen-bond donors (Lipinski definition) is 2. The van der Waals surface area contributed by atoms with Crippen LogP contribution in [0.5, 0.6) is 5.75 Å². The summed E-state index contributed by atoms with van der Waals surface area (Å²) in [6.07, 6.45) is 0. The zero-order valence-electron chi connectivity index (χ0n) is 14.0. The number of carbonyl (C=O) groups is 2. The Hall–Kier alpha value is -2.53. The molecular formula is C18H19ClN2O3. The van der Waals surface area contributed by atoms with Crippen molar-refractivity contribution in [2.75, 3.05) is 17.7 Å². The van der Waals surface area contributed by atoms with Gasteiger partial charge in [-0.2, -0.15) is 0 Å². The van der Waals surface area contributed by atoms with Crippen LogP contribution in [0.2, 0.25) is 5.02 Å². The molecule has 0 unspecified atom stereocenters. The van der Waals surface area contributed by atoms with Gasteiger partial charge in [0.2, 0.25) is 0 Å². The molecule has 5 nitrogen and oxygen atoms in total. The van der Waals surface area contributed by atoms with Crippen molar-refractivity contribution >= 4 is 34.8 Å². The van der Waals surface area contributed by atoms with Crippen LogP contribution < -0.4 is 15.4 Å². The zero-order chi connectivity index (χ0) is 17.9. The van der Waals surface area contributed by atoms with Crippen molar-refractivity contribution in [1.29, 1.82) is 0 Å². The summed E-state index contributed by atoms with van der Waals surface area (Å²) in [5.74, 6) is -1.15. The number of amides is 2. The van der Waals surface area contributed by atoms with Gasteiger partial charge in [-0.3, -0.25) is 9.59 Å². The summed E-state index contributed by atoms with van der Waals surface area (Å²) in [6.45, 7) is 5.62. The van der Waals surface area contributed by atoms with Crippen LogP contribution in [0, 0.1) is 20.8 Å². The molecule has 2 aromatic carbocycles. The second-order valence-corrected chi connectivity index (χ2v) is 5.94. The van der Waals surface area contributed by atoms with Gasteiger partial charge in [-0.25, -0.2) is 0 Å². The van der Waals surface area contributed by atoms with Gasteiger partial charge in [0, 0.05) is 16.8 Å². The largest absolute Gasteiger partial charge is 0.495 e. The Bertz CT molecular complexity index is 803. The average Bonchev–Trinajstić information content (AvgIpc) is 2.53. The molecule has 0 atom stereocenters. The first-order valence-corrected chi connectivity index (χ1v) is 7.73. The topological polar surface area (TPSA) is 67.4 Å². The number of hydrogen-bond acceptors (Lipinski definition) is 3. The van der Waals surface area contributed by atoms with Crippen LogP contribution in [0.25, 0.3) is 0 Å². The Morgan fingerprint density at radius 3 is 2.12 bits per heavy atom. The molecule has 0 saturated heterocycles. The molecule has 0 spiro atoms. The van der Waals surface area contributed by atoms with Gasteiger partial charge in [0.05, 0.1) is 12.8 Å². The molecule has 2 rings (SSSR count). The van der Waals surface area contributed by atoms with E-state index in [1.165, 1.54) is 7.11 Å². The number of ether oxygens (including phenoxy) is 1. The van der Waals surface area contributed by atoms with Gasteiger partial charge in [-0.05, 0) is 44.0 Å². The van der Waals surface area contributed by atoms with E-state index < -0.39 is 11.8 Å². The van der Waals surface area contributed by atoms with E-state index >= 15 is 0 Å². The van der Waals surface area contributed by atoms with Gasteiger partial charge >= 0.3 is 11.8 Å². The molecule has 0 aliphatic rings. The second-order valence-electron chi connectivity index (χ2n) is 5.53. The zero-order valence-corrected chi connectivity index (χ0v) is 14.7. The van der Waals surface area contributed by atoms with Crippen molar-refractivity contribution in [3.05, 3.63) is 52.0 Å². The Kier molecular flexibility index (Phi) is 5.46. The minimum Gasteiger partial charge on any atom is -0.495 e. The summed E-state index contributed by atoms with van der Waals surface area (Å²) in [5, 5.41) is 5.67. The molecule has 0 aromatic heterocycles. The highest BCUT2D eigenvalue weighted by atomic mass is 35.5. The van der Waals surface area contributed by atoms with Gasteiger partial charge in [0.15, 0.2) is 0 Å². The first-order valence-electron chi connectivity index (χ1n) is 7.35. The van der Waals surface area contributed by atoms with Gasteiger partial charge in [0.25, 0.3) is 0 Å². The Morgan fingerprint density at radius 2 is 1.54 bits per heavy atom. The third kappa shape index (κ3) is 4.06. The van der Waals surface area contributed by atoms with Gasteiger partial charge in [-0.1, -0.05) is 29.3 Å². The summed E-state index contributed by atoms with van der Waals surface area (Å²) in [5.41, 5.74) is 3.72. The van der Waals surface area contributed by atoms with E-state index in [2.05, 4.69) is 10.6 Å². The van der Waals surface area contributed by atoms with Crippen molar-refractivity contribution in [2.24, 2.45) is 0 Å². The standard InChI is InChI=1S/C18H19ClN2O3/c1-10-5-6-14(12(3)7-10)20-17(22)18(23)21-15-8-11(2)13(19)9-16(15)24-4/h5-9H,1-4H3,(H,20,22)(H,21,23). The number of anilines is 2. The summed E-state index contributed by atoms with van der Waals surface area (Å²) in [7, 11) is 1.46. The molecule has 0 aliphatic heterocycles. The highest BCUT2D eigenvalue weighted by Crippen LogP contribution is 2.30. The van der Waals surface area contributed by atoms with Gasteiger partial charge in [-0.15, -0.1) is 0 Å². The first kappa shape index (κ1) is 17.8. The van der Waals surface area contributed by atoms with E-state index in [1.807, 2.05) is 26.0 Å². The van der Waals surface area contributed by atoms with Crippen molar-refractivity contribution in [3.8, 4) is 5.75 Å². The van der Waals surface area contributed by atoms with E-state index in [4.69, 9.17) is 16.3 Å². The number of methoxy groups -OCH3 is 1. The van der Waals surface area contributed by atoms with Crippen LogP contribution >= 0.6 is 11.6 Å². The molecule has 2 N–H and O–H groups in total. The maximum absolute atomic E-state index is 12.1. The predicted octanol–water partition coefficient (Wildman–Crippen LogP) is 3.85. The predicted molar refractivity (Wildman–Crippen MR) is 95.9 cm³/mol. The van der Waals surface area contributed by atoms with Crippen LogP contribution in [0.3, 0.4) is 0 Å². The molecule has 0 heterocycles. The maximum atomic E-state index is 12.1. The molecule has 0 saturated carbocycles. The van der Waals surface area contributed by atoms with Gasteiger partial charge < -0.3 is 15.4 Å². The Balaban J connectivity index is 2.15. The monoisotopic (exact) mass is 346 g/mol. The fourth-order valence-corrected chi connectivity index (χ4v) is 2.40. The van der Waals surface area contributed by atoms with E-state index in [0.29, 0.717) is 22.1 Å². The SMILES string of the molecule is COc1cc(Cl)c(C)cc1NC(=O)C(=O)Nc1ccc(C)cc1C. The van der Waals surface area contributed by atoms with Crippen LogP contribution in [-0.2, 0) is 9.59 Å². The van der Waals surface area contributed by atoms with Crippen molar-refractivity contribution in [1.82, 2.24) is 0 Å². The quantitative estimate of drug-likeness (QED) is 0.829. The molecule has 0 aliphatic carbocycles. The average molecular weight is 347 g/mol. The van der Waals surface area contributed by atoms with Crippen molar-refractivity contribution < 1.29 is 14.3 Å². The lowest BCUT2D eigenvalue weighted by molar-refractivity contribution is -0.133. The summed E-state index contributed by atoms with van der Waals surface area (Å²) in [4.78, 5) is 24.3. The Labute approximate surface area is 146 Å².